The molecular weight excluding hydrogens is 252 g/mol. The third-order valence-electron chi connectivity index (χ3n) is 3.42. The molecule has 1 fully saturated rings. The molecule has 1 aromatic carbocycles. The van der Waals surface area contributed by atoms with Gasteiger partial charge in [-0.15, -0.1) is 11.6 Å². The molecule has 0 saturated carbocycles. The fourth-order valence-electron chi connectivity index (χ4n) is 2.45. The molecule has 0 radical (unpaired) electrons. The van der Waals surface area contributed by atoms with Crippen LogP contribution in [-0.4, -0.2) is 29.5 Å². The zero-order valence-corrected chi connectivity index (χ0v) is 10.7. The topological polar surface area (TPSA) is 49.2 Å². The number of fused-ring (bicyclic) bond motifs is 1. The maximum atomic E-state index is 11.1. The highest BCUT2D eigenvalue weighted by Gasteiger charge is 2.17. The molecule has 4 nitrogen and oxygen atoms in total. The number of rotatable bonds is 3. The van der Waals surface area contributed by atoms with Gasteiger partial charge in [0.25, 0.3) is 0 Å². The van der Waals surface area contributed by atoms with Gasteiger partial charge < -0.3 is 9.32 Å². The molecule has 18 heavy (non-hydrogen) atoms. The van der Waals surface area contributed by atoms with Crippen LogP contribution in [0.3, 0.4) is 0 Å². The molecular formula is C13H15ClN2O2. The van der Waals surface area contributed by atoms with Gasteiger partial charge in [0.15, 0.2) is 5.58 Å². The van der Waals surface area contributed by atoms with Gasteiger partial charge in [0, 0.05) is 6.54 Å². The van der Waals surface area contributed by atoms with Crippen molar-refractivity contribution in [3.8, 4) is 0 Å². The fraction of sp³-hybridized carbons (Fsp3) is 0.462. The number of H-pyrrole nitrogens is 1. The van der Waals surface area contributed by atoms with E-state index in [2.05, 4.69) is 9.88 Å². The zero-order chi connectivity index (χ0) is 12.5. The van der Waals surface area contributed by atoms with Crippen LogP contribution in [0.15, 0.2) is 27.4 Å². The predicted octanol–water partition coefficient (Wildman–Crippen LogP) is 2.50. The molecule has 2 heterocycles. The third-order valence-corrected chi connectivity index (χ3v) is 3.81. The lowest BCUT2D eigenvalue weighted by molar-refractivity contribution is 0.339. The summed E-state index contributed by atoms with van der Waals surface area (Å²) in [6, 6.07) is 5.64. The summed E-state index contributed by atoms with van der Waals surface area (Å²) in [6.45, 7) is 3.11. The van der Waals surface area contributed by atoms with Crippen LogP contribution in [0.1, 0.15) is 23.8 Å². The molecule has 5 heteroatoms. The van der Waals surface area contributed by atoms with Crippen molar-refractivity contribution in [3.63, 3.8) is 0 Å². The Kier molecular flexibility index (Phi) is 3.14. The lowest BCUT2D eigenvalue weighted by Gasteiger charge is -2.18. The molecule has 0 amide bonds. The summed E-state index contributed by atoms with van der Waals surface area (Å²) in [4.78, 5) is 16.1. The Morgan fingerprint density at radius 2 is 2.17 bits per heavy atom. The standard InChI is InChI=1S/C13H15ClN2O2/c14-10(8-16-5-1-2-6-16)9-3-4-11-12(7-9)18-13(17)15-11/h3-4,7,10H,1-2,5-6,8H2,(H,15,17). The molecule has 2 aromatic rings. The first-order valence-electron chi connectivity index (χ1n) is 6.21. The summed E-state index contributed by atoms with van der Waals surface area (Å²) in [6.07, 6.45) is 2.52. The van der Waals surface area contributed by atoms with Gasteiger partial charge in [-0.3, -0.25) is 4.98 Å². The van der Waals surface area contributed by atoms with E-state index in [-0.39, 0.29) is 5.38 Å². The highest BCUT2D eigenvalue weighted by molar-refractivity contribution is 6.21. The number of halogens is 1. The van der Waals surface area contributed by atoms with Gasteiger partial charge in [-0.2, -0.15) is 0 Å². The number of alkyl halides is 1. The van der Waals surface area contributed by atoms with Gasteiger partial charge >= 0.3 is 5.76 Å². The lowest BCUT2D eigenvalue weighted by Crippen LogP contribution is -2.23. The zero-order valence-electron chi connectivity index (χ0n) is 9.99. The molecule has 1 saturated heterocycles. The lowest BCUT2D eigenvalue weighted by atomic mass is 10.1. The molecule has 0 aliphatic carbocycles. The van der Waals surface area contributed by atoms with Gasteiger partial charge in [0.1, 0.15) is 0 Å². The van der Waals surface area contributed by atoms with E-state index < -0.39 is 5.76 Å². The van der Waals surface area contributed by atoms with E-state index in [0.717, 1.165) is 25.2 Å². The van der Waals surface area contributed by atoms with E-state index in [1.165, 1.54) is 12.8 Å². The van der Waals surface area contributed by atoms with E-state index in [1.807, 2.05) is 18.2 Å². The van der Waals surface area contributed by atoms with E-state index in [1.54, 1.807) is 0 Å². The number of aromatic amines is 1. The van der Waals surface area contributed by atoms with Gasteiger partial charge in [-0.05, 0) is 43.6 Å². The average molecular weight is 267 g/mol. The Hall–Kier alpha value is -1.26. The molecule has 1 aliphatic rings. The Morgan fingerprint density at radius 1 is 1.39 bits per heavy atom. The minimum Gasteiger partial charge on any atom is -0.408 e. The van der Waals surface area contributed by atoms with Crippen molar-refractivity contribution in [3.05, 3.63) is 34.3 Å². The van der Waals surface area contributed by atoms with Crippen molar-refractivity contribution in [1.29, 1.82) is 0 Å². The first kappa shape index (κ1) is 11.8. The van der Waals surface area contributed by atoms with Crippen molar-refractivity contribution >= 4 is 22.7 Å². The molecule has 1 N–H and O–H groups in total. The number of hydrogen-bond acceptors (Lipinski definition) is 3. The fourth-order valence-corrected chi connectivity index (χ4v) is 2.79. The second kappa shape index (κ2) is 4.78. The average Bonchev–Trinajstić information content (AvgIpc) is 2.95. The van der Waals surface area contributed by atoms with Crippen LogP contribution in [-0.2, 0) is 0 Å². The van der Waals surface area contributed by atoms with Gasteiger partial charge in [-0.25, -0.2) is 4.79 Å². The Labute approximate surface area is 110 Å². The van der Waals surface area contributed by atoms with Crippen LogP contribution in [0.2, 0.25) is 0 Å². The molecule has 96 valence electrons. The second-order valence-electron chi connectivity index (χ2n) is 4.75. The summed E-state index contributed by atoms with van der Waals surface area (Å²) in [5.74, 6) is -0.423. The predicted molar refractivity (Wildman–Crippen MR) is 71.1 cm³/mol. The SMILES string of the molecule is O=c1[nH]c2ccc(C(Cl)CN3CCCC3)cc2o1. The number of likely N-dealkylation sites (tertiary alicyclic amines) is 1. The summed E-state index contributed by atoms with van der Waals surface area (Å²) >= 11 is 6.42. The van der Waals surface area contributed by atoms with Gasteiger partial charge in [0.2, 0.25) is 0 Å². The van der Waals surface area contributed by atoms with Gasteiger partial charge in [-0.1, -0.05) is 6.07 Å². The smallest absolute Gasteiger partial charge is 0.408 e. The number of oxazole rings is 1. The minimum absolute atomic E-state index is 0.0623. The van der Waals surface area contributed by atoms with Crippen molar-refractivity contribution in [1.82, 2.24) is 9.88 Å². The second-order valence-corrected chi connectivity index (χ2v) is 5.27. The maximum Gasteiger partial charge on any atom is 0.417 e. The quantitative estimate of drug-likeness (QED) is 0.869. The number of nitrogens with zero attached hydrogens (tertiary/aromatic N) is 1. The molecule has 1 unspecified atom stereocenters. The molecule has 1 aromatic heterocycles. The van der Waals surface area contributed by atoms with Crippen LogP contribution < -0.4 is 5.76 Å². The van der Waals surface area contributed by atoms with E-state index in [4.69, 9.17) is 16.0 Å². The summed E-state index contributed by atoms with van der Waals surface area (Å²) < 4.78 is 5.05. The van der Waals surface area contributed by atoms with E-state index >= 15 is 0 Å². The molecule has 3 rings (SSSR count). The Bertz CT molecular complexity index is 598. The van der Waals surface area contributed by atoms with Crippen LogP contribution >= 0.6 is 11.6 Å². The first-order valence-corrected chi connectivity index (χ1v) is 6.65. The largest absolute Gasteiger partial charge is 0.417 e. The summed E-state index contributed by atoms with van der Waals surface area (Å²) in [7, 11) is 0. The highest BCUT2D eigenvalue weighted by Crippen LogP contribution is 2.25. The highest BCUT2D eigenvalue weighted by atomic mass is 35.5. The molecule has 1 aliphatic heterocycles. The van der Waals surface area contributed by atoms with Crippen molar-refractivity contribution in [2.24, 2.45) is 0 Å². The maximum absolute atomic E-state index is 11.1. The van der Waals surface area contributed by atoms with Crippen LogP contribution in [0.5, 0.6) is 0 Å². The number of nitrogens with one attached hydrogen (secondary N) is 1. The minimum atomic E-state index is -0.423. The van der Waals surface area contributed by atoms with Crippen LogP contribution in [0.4, 0.5) is 0 Å². The van der Waals surface area contributed by atoms with Gasteiger partial charge in [0.05, 0.1) is 10.9 Å². The van der Waals surface area contributed by atoms with Crippen LogP contribution in [0, 0.1) is 0 Å². The van der Waals surface area contributed by atoms with E-state index in [0.29, 0.717) is 11.1 Å². The molecule has 1 atom stereocenters. The normalized spacial score (nSPS) is 18.5. The molecule has 0 spiro atoms. The Morgan fingerprint density at radius 3 is 2.94 bits per heavy atom. The van der Waals surface area contributed by atoms with E-state index in [9.17, 15) is 4.79 Å². The number of aromatic nitrogens is 1. The molecule has 0 bridgehead atoms. The Balaban J connectivity index is 1.81. The van der Waals surface area contributed by atoms with Crippen molar-refractivity contribution < 1.29 is 4.42 Å². The third kappa shape index (κ3) is 2.31. The summed E-state index contributed by atoms with van der Waals surface area (Å²) in [5, 5.41) is -0.0623. The van der Waals surface area contributed by atoms with Crippen molar-refractivity contribution in [2.75, 3.05) is 19.6 Å². The number of benzene rings is 1. The monoisotopic (exact) mass is 266 g/mol. The number of hydrogen-bond donors (Lipinski definition) is 1. The van der Waals surface area contributed by atoms with Crippen LogP contribution in [0.25, 0.3) is 11.1 Å². The van der Waals surface area contributed by atoms with Crippen molar-refractivity contribution in [2.45, 2.75) is 18.2 Å². The first-order chi connectivity index (χ1) is 8.72. The summed E-state index contributed by atoms with van der Waals surface area (Å²) in [5.41, 5.74) is 2.29.